The maximum absolute atomic E-state index is 13.8. The number of amides is 1. The third-order valence-corrected chi connectivity index (χ3v) is 2.99. The van der Waals surface area contributed by atoms with E-state index in [1.807, 2.05) is 25.9 Å². The van der Waals surface area contributed by atoms with Crippen molar-refractivity contribution in [2.75, 3.05) is 27.2 Å². The molecule has 3 N–H and O–H groups in total. The molecule has 0 heterocycles. The zero-order chi connectivity index (χ0) is 15.1. The molecule has 1 unspecified atom stereocenters. The van der Waals surface area contributed by atoms with Gasteiger partial charge in [-0.15, -0.1) is 0 Å². The summed E-state index contributed by atoms with van der Waals surface area (Å²) in [6.45, 7) is 2.65. The van der Waals surface area contributed by atoms with Gasteiger partial charge in [0, 0.05) is 18.2 Å². The number of hydrogen-bond donors (Lipinski definition) is 2. The molecular weight excluding hydrogens is 257 g/mol. The second-order valence-corrected chi connectivity index (χ2v) is 4.72. The molecule has 0 bridgehead atoms. The van der Waals surface area contributed by atoms with Crippen LogP contribution in [-0.2, 0) is 0 Å². The molecule has 1 atom stereocenters. The molecule has 0 fully saturated rings. The summed E-state index contributed by atoms with van der Waals surface area (Å²) in [6.07, 6.45) is 0. The van der Waals surface area contributed by atoms with Crippen molar-refractivity contribution in [2.24, 2.45) is 5.73 Å². The Morgan fingerprint density at radius 2 is 2.20 bits per heavy atom. The van der Waals surface area contributed by atoms with E-state index in [4.69, 9.17) is 5.73 Å². The highest BCUT2D eigenvalue weighted by Gasteiger charge is 2.13. The highest BCUT2D eigenvalue weighted by Crippen LogP contribution is 2.10. The van der Waals surface area contributed by atoms with Crippen LogP contribution in [0.4, 0.5) is 4.39 Å². The molecule has 0 aliphatic carbocycles. The lowest BCUT2D eigenvalue weighted by molar-refractivity contribution is 0.0939. The number of hydrogen-bond acceptors (Lipinski definition) is 3. The first-order valence-corrected chi connectivity index (χ1v) is 6.38. The number of rotatable bonds is 4. The summed E-state index contributed by atoms with van der Waals surface area (Å²) in [5.74, 6) is 4.36. The number of nitrogens with two attached hydrogens (primary N) is 1. The van der Waals surface area contributed by atoms with Crippen LogP contribution in [0, 0.1) is 17.7 Å². The van der Waals surface area contributed by atoms with Crippen molar-refractivity contribution < 1.29 is 9.18 Å². The predicted octanol–water partition coefficient (Wildman–Crippen LogP) is 0.816. The van der Waals surface area contributed by atoms with Gasteiger partial charge in [-0.3, -0.25) is 4.79 Å². The van der Waals surface area contributed by atoms with Gasteiger partial charge in [-0.05, 0) is 39.2 Å². The number of nitrogens with zero attached hydrogens (tertiary/aromatic N) is 1. The van der Waals surface area contributed by atoms with Crippen LogP contribution >= 0.6 is 0 Å². The third-order valence-electron chi connectivity index (χ3n) is 2.99. The number of nitrogens with one attached hydrogen (secondary N) is 1. The van der Waals surface area contributed by atoms with Crippen molar-refractivity contribution in [1.29, 1.82) is 0 Å². The van der Waals surface area contributed by atoms with Crippen LogP contribution in [0.25, 0.3) is 0 Å². The van der Waals surface area contributed by atoms with Gasteiger partial charge < -0.3 is 16.0 Å². The molecule has 0 aliphatic rings. The van der Waals surface area contributed by atoms with Gasteiger partial charge in [0.05, 0.1) is 12.1 Å². The second kappa shape index (κ2) is 7.63. The average molecular weight is 277 g/mol. The van der Waals surface area contributed by atoms with Crippen LogP contribution in [0.15, 0.2) is 18.2 Å². The Bertz CT molecular complexity index is 532. The second-order valence-electron chi connectivity index (χ2n) is 4.72. The summed E-state index contributed by atoms with van der Waals surface area (Å²) >= 11 is 0. The molecule has 4 nitrogen and oxygen atoms in total. The van der Waals surface area contributed by atoms with E-state index in [0.29, 0.717) is 12.1 Å². The quantitative estimate of drug-likeness (QED) is 0.801. The molecule has 1 aromatic rings. The van der Waals surface area contributed by atoms with Gasteiger partial charge in [0.25, 0.3) is 5.91 Å². The molecule has 1 rings (SSSR count). The molecule has 5 heteroatoms. The maximum atomic E-state index is 13.8. The van der Waals surface area contributed by atoms with E-state index < -0.39 is 11.7 Å². The van der Waals surface area contributed by atoms with Crippen LogP contribution in [0.2, 0.25) is 0 Å². The molecule has 108 valence electrons. The van der Waals surface area contributed by atoms with Crippen LogP contribution in [0.3, 0.4) is 0 Å². The Balaban J connectivity index is 2.74. The fourth-order valence-corrected chi connectivity index (χ4v) is 1.45. The van der Waals surface area contributed by atoms with Crippen LogP contribution in [0.1, 0.15) is 22.8 Å². The third kappa shape index (κ3) is 4.65. The lowest BCUT2D eigenvalue weighted by Gasteiger charge is -2.20. The highest BCUT2D eigenvalue weighted by atomic mass is 19.1. The number of halogens is 1. The molecular formula is C15H20FN3O. The van der Waals surface area contributed by atoms with Crippen molar-refractivity contribution >= 4 is 5.91 Å². The van der Waals surface area contributed by atoms with Gasteiger partial charge in [0.1, 0.15) is 5.82 Å². The van der Waals surface area contributed by atoms with E-state index in [0.717, 1.165) is 0 Å². The van der Waals surface area contributed by atoms with E-state index in [1.165, 1.54) is 12.1 Å². The lowest BCUT2D eigenvalue weighted by Crippen LogP contribution is -2.38. The first-order chi connectivity index (χ1) is 9.45. The van der Waals surface area contributed by atoms with Crippen molar-refractivity contribution in [3.8, 4) is 11.8 Å². The highest BCUT2D eigenvalue weighted by molar-refractivity contribution is 5.94. The van der Waals surface area contributed by atoms with Crippen molar-refractivity contribution in [3.05, 3.63) is 35.1 Å². The van der Waals surface area contributed by atoms with E-state index in [2.05, 4.69) is 17.2 Å². The Morgan fingerprint density at radius 1 is 1.50 bits per heavy atom. The fourth-order valence-electron chi connectivity index (χ4n) is 1.45. The van der Waals surface area contributed by atoms with Crippen molar-refractivity contribution in [2.45, 2.75) is 13.0 Å². The van der Waals surface area contributed by atoms with Gasteiger partial charge in [-0.25, -0.2) is 4.39 Å². The summed E-state index contributed by atoms with van der Waals surface area (Å²) < 4.78 is 13.8. The average Bonchev–Trinajstić information content (AvgIpc) is 2.42. The molecule has 0 saturated heterocycles. The first kappa shape index (κ1) is 16.2. The molecule has 0 spiro atoms. The zero-order valence-corrected chi connectivity index (χ0v) is 12.0. The van der Waals surface area contributed by atoms with Crippen LogP contribution in [0.5, 0.6) is 0 Å². The number of benzene rings is 1. The summed E-state index contributed by atoms with van der Waals surface area (Å²) in [6, 6.07) is 4.46. The molecule has 20 heavy (non-hydrogen) atoms. The maximum Gasteiger partial charge on any atom is 0.254 e. The monoisotopic (exact) mass is 277 g/mol. The van der Waals surface area contributed by atoms with Gasteiger partial charge in [-0.2, -0.15) is 0 Å². The Kier molecular flexibility index (Phi) is 6.16. The first-order valence-electron chi connectivity index (χ1n) is 6.38. The van der Waals surface area contributed by atoms with Crippen molar-refractivity contribution in [3.63, 3.8) is 0 Å². The van der Waals surface area contributed by atoms with E-state index in [-0.39, 0.29) is 18.2 Å². The smallest absolute Gasteiger partial charge is 0.254 e. The van der Waals surface area contributed by atoms with E-state index >= 15 is 0 Å². The van der Waals surface area contributed by atoms with Crippen LogP contribution < -0.4 is 11.1 Å². The SMILES string of the molecule is CC(CNC(=O)c1ccc(C#CCN)cc1F)N(C)C. The molecule has 0 aliphatic heterocycles. The molecule has 1 aromatic carbocycles. The molecule has 0 radical (unpaired) electrons. The minimum atomic E-state index is -0.580. The minimum Gasteiger partial charge on any atom is -0.350 e. The van der Waals surface area contributed by atoms with Gasteiger partial charge in [-0.1, -0.05) is 11.8 Å². The topological polar surface area (TPSA) is 58.4 Å². The standard InChI is InChI=1S/C15H20FN3O/c1-11(19(2)3)10-18-15(20)13-7-6-12(5-4-8-17)9-14(13)16/h6-7,9,11H,8,10,17H2,1-3H3,(H,18,20). The van der Waals surface area contributed by atoms with Gasteiger partial charge in [0.15, 0.2) is 0 Å². The van der Waals surface area contributed by atoms with Crippen LogP contribution in [-0.4, -0.2) is 44.0 Å². The van der Waals surface area contributed by atoms with E-state index in [1.54, 1.807) is 6.07 Å². The Hall–Kier alpha value is -1.90. The lowest BCUT2D eigenvalue weighted by atomic mass is 10.1. The van der Waals surface area contributed by atoms with Gasteiger partial charge in [0.2, 0.25) is 0 Å². The fraction of sp³-hybridized carbons (Fsp3) is 0.400. The van der Waals surface area contributed by atoms with E-state index in [9.17, 15) is 9.18 Å². The summed E-state index contributed by atoms with van der Waals surface area (Å²) in [7, 11) is 3.84. The van der Waals surface area contributed by atoms with Crippen molar-refractivity contribution in [1.82, 2.24) is 10.2 Å². The molecule has 1 amide bonds. The van der Waals surface area contributed by atoms with Gasteiger partial charge >= 0.3 is 0 Å². The number of likely N-dealkylation sites (N-methyl/N-ethyl adjacent to an activating group) is 1. The normalized spacial score (nSPS) is 11.7. The molecule has 0 aromatic heterocycles. The largest absolute Gasteiger partial charge is 0.350 e. The Labute approximate surface area is 119 Å². The minimum absolute atomic E-state index is 0.0225. The Morgan fingerprint density at radius 3 is 2.75 bits per heavy atom. The zero-order valence-electron chi connectivity index (χ0n) is 12.0. The molecule has 0 saturated carbocycles. The number of carbonyl (C=O) groups is 1. The summed E-state index contributed by atoms with van der Waals surface area (Å²) in [5, 5.41) is 2.71. The summed E-state index contributed by atoms with van der Waals surface area (Å²) in [5.41, 5.74) is 5.78. The predicted molar refractivity (Wildman–Crippen MR) is 77.8 cm³/mol. The number of carbonyl (C=O) groups excluding carboxylic acids is 1. The summed E-state index contributed by atoms with van der Waals surface area (Å²) in [4.78, 5) is 13.9.